The molecule has 0 spiro atoms. The summed E-state index contributed by atoms with van der Waals surface area (Å²) in [5.41, 5.74) is 0.708. The third-order valence-corrected chi connectivity index (χ3v) is 3.55. The molecule has 0 unspecified atom stereocenters. The second-order valence-corrected chi connectivity index (χ2v) is 5.24. The molecule has 122 valence electrons. The molecular weight excluding hydrogens is 302 g/mol. The summed E-state index contributed by atoms with van der Waals surface area (Å²) in [5.74, 6) is -1.82. The maximum Gasteiger partial charge on any atom is 0.328 e. The van der Waals surface area contributed by atoms with Crippen LogP contribution in [0.4, 0.5) is 0 Å². The van der Waals surface area contributed by atoms with E-state index >= 15 is 0 Å². The lowest BCUT2D eigenvalue weighted by atomic mass is 10.2. The summed E-state index contributed by atoms with van der Waals surface area (Å²) in [6.45, 7) is 1.56. The minimum atomic E-state index is -1.04. The van der Waals surface area contributed by atoms with Crippen molar-refractivity contribution in [3.63, 3.8) is 0 Å². The molecule has 23 heavy (non-hydrogen) atoms. The summed E-state index contributed by atoms with van der Waals surface area (Å²) >= 11 is 0. The summed E-state index contributed by atoms with van der Waals surface area (Å²) in [4.78, 5) is 34.4. The van der Waals surface area contributed by atoms with Crippen molar-refractivity contribution in [3.8, 4) is 5.75 Å². The number of hydrogen-bond donors (Lipinski definition) is 2. The zero-order valence-electron chi connectivity index (χ0n) is 12.5. The van der Waals surface area contributed by atoms with Crippen LogP contribution >= 0.6 is 0 Å². The van der Waals surface area contributed by atoms with E-state index in [2.05, 4.69) is 0 Å². The van der Waals surface area contributed by atoms with Crippen molar-refractivity contribution in [2.75, 3.05) is 6.54 Å². The maximum absolute atomic E-state index is 11.5. The van der Waals surface area contributed by atoms with Gasteiger partial charge in [-0.05, 0) is 23.8 Å². The van der Waals surface area contributed by atoms with E-state index in [1.807, 2.05) is 0 Å². The van der Waals surface area contributed by atoms with Gasteiger partial charge >= 0.3 is 11.9 Å². The van der Waals surface area contributed by atoms with Crippen LogP contribution in [0.3, 0.4) is 0 Å². The fourth-order valence-corrected chi connectivity index (χ4v) is 2.48. The number of benzene rings is 1. The summed E-state index contributed by atoms with van der Waals surface area (Å²) in [6.07, 6.45) is 2.34. The first-order valence-corrected chi connectivity index (χ1v) is 7.04. The van der Waals surface area contributed by atoms with Gasteiger partial charge in [0.05, 0.1) is 6.54 Å². The van der Waals surface area contributed by atoms with Crippen LogP contribution < -0.4 is 4.74 Å². The van der Waals surface area contributed by atoms with Gasteiger partial charge in [-0.1, -0.05) is 12.1 Å². The minimum absolute atomic E-state index is 0.229. The third-order valence-electron chi connectivity index (χ3n) is 3.55. The fraction of sp³-hybridized carbons (Fsp3) is 0.312. The standard InChI is InChI=1S/C16H17NO6/c1-10(18)17-9-13(8-14(17)16(21)22)23-12-5-2-11(3-6-12)4-7-15(19)20/h2-7,13-14H,8-9H2,1H3,(H,19,20)(H,21,22)/b7-4+/t13-,14+/m1/s1. The zero-order valence-corrected chi connectivity index (χ0v) is 12.5. The third kappa shape index (κ3) is 4.32. The Morgan fingerprint density at radius 2 is 1.87 bits per heavy atom. The van der Waals surface area contributed by atoms with Gasteiger partial charge in [0.15, 0.2) is 0 Å². The number of carbonyl (C=O) groups is 3. The van der Waals surface area contributed by atoms with Crippen molar-refractivity contribution < 1.29 is 29.3 Å². The summed E-state index contributed by atoms with van der Waals surface area (Å²) in [5, 5.41) is 17.7. The van der Waals surface area contributed by atoms with Crippen LogP contribution in [0, 0.1) is 0 Å². The highest BCUT2D eigenvalue weighted by atomic mass is 16.5. The highest BCUT2D eigenvalue weighted by Gasteiger charge is 2.39. The van der Waals surface area contributed by atoms with E-state index in [1.54, 1.807) is 24.3 Å². The van der Waals surface area contributed by atoms with Crippen LogP contribution in [-0.4, -0.2) is 51.6 Å². The van der Waals surface area contributed by atoms with Crippen LogP contribution in [0.1, 0.15) is 18.9 Å². The number of ether oxygens (including phenoxy) is 1. The van der Waals surface area contributed by atoms with Crippen LogP contribution in [-0.2, 0) is 14.4 Å². The monoisotopic (exact) mass is 319 g/mol. The fourth-order valence-electron chi connectivity index (χ4n) is 2.48. The van der Waals surface area contributed by atoms with E-state index in [-0.39, 0.29) is 25.0 Å². The Labute approximate surface area is 132 Å². The smallest absolute Gasteiger partial charge is 0.328 e. The lowest BCUT2D eigenvalue weighted by molar-refractivity contribution is -0.147. The maximum atomic E-state index is 11.5. The lowest BCUT2D eigenvalue weighted by Crippen LogP contribution is -2.39. The molecule has 1 aliphatic heterocycles. The molecule has 1 heterocycles. The van der Waals surface area contributed by atoms with E-state index in [4.69, 9.17) is 14.9 Å². The number of rotatable bonds is 5. The Bertz CT molecular complexity index is 614. The Balaban J connectivity index is 2.01. The first kappa shape index (κ1) is 16.5. The topological polar surface area (TPSA) is 104 Å². The van der Waals surface area contributed by atoms with Gasteiger partial charge < -0.3 is 19.8 Å². The first-order valence-electron chi connectivity index (χ1n) is 7.04. The Hall–Kier alpha value is -2.83. The molecule has 0 radical (unpaired) electrons. The van der Waals surface area contributed by atoms with Crippen molar-refractivity contribution in [1.82, 2.24) is 4.90 Å². The molecular formula is C16H17NO6. The average Bonchev–Trinajstić information content (AvgIpc) is 2.91. The number of hydrogen-bond acceptors (Lipinski definition) is 4. The molecule has 1 aromatic rings. The number of nitrogens with zero attached hydrogens (tertiary/aromatic N) is 1. The van der Waals surface area contributed by atoms with Crippen molar-refractivity contribution in [2.45, 2.75) is 25.5 Å². The molecule has 1 aliphatic rings. The quantitative estimate of drug-likeness (QED) is 0.791. The molecule has 1 saturated heterocycles. The van der Waals surface area contributed by atoms with E-state index in [9.17, 15) is 14.4 Å². The summed E-state index contributed by atoms with van der Waals surface area (Å²) in [7, 11) is 0. The molecule has 1 amide bonds. The van der Waals surface area contributed by atoms with Gasteiger partial charge in [-0.25, -0.2) is 9.59 Å². The van der Waals surface area contributed by atoms with E-state index in [0.717, 1.165) is 6.08 Å². The molecule has 0 bridgehead atoms. The van der Waals surface area contributed by atoms with Crippen molar-refractivity contribution in [1.29, 1.82) is 0 Å². The second-order valence-electron chi connectivity index (χ2n) is 5.24. The van der Waals surface area contributed by atoms with E-state index < -0.39 is 18.0 Å². The molecule has 1 fully saturated rings. The molecule has 1 aromatic carbocycles. The summed E-state index contributed by atoms with van der Waals surface area (Å²) < 4.78 is 5.72. The van der Waals surface area contributed by atoms with Crippen LogP contribution in [0.5, 0.6) is 5.75 Å². The number of carboxylic acid groups (broad SMARTS) is 2. The van der Waals surface area contributed by atoms with Gasteiger partial charge in [-0.15, -0.1) is 0 Å². The second kappa shape index (κ2) is 6.95. The SMILES string of the molecule is CC(=O)N1C[C@H](Oc2ccc(/C=C/C(=O)O)cc2)C[C@H]1C(=O)O. The molecule has 0 saturated carbocycles. The van der Waals surface area contributed by atoms with Crippen molar-refractivity contribution >= 4 is 23.9 Å². The molecule has 2 N–H and O–H groups in total. The molecule has 7 nitrogen and oxygen atoms in total. The molecule has 2 atom stereocenters. The first-order chi connectivity index (χ1) is 10.9. The highest BCUT2D eigenvalue weighted by Crippen LogP contribution is 2.24. The van der Waals surface area contributed by atoms with Crippen molar-refractivity contribution in [2.24, 2.45) is 0 Å². The van der Waals surface area contributed by atoms with Crippen molar-refractivity contribution in [3.05, 3.63) is 35.9 Å². The lowest BCUT2D eigenvalue weighted by Gasteiger charge is -2.18. The van der Waals surface area contributed by atoms with Gasteiger partial charge in [0.25, 0.3) is 0 Å². The predicted molar refractivity (Wildman–Crippen MR) is 81.0 cm³/mol. The Kier molecular flexibility index (Phi) is 5.00. The number of amides is 1. The molecule has 2 rings (SSSR count). The largest absolute Gasteiger partial charge is 0.488 e. The Morgan fingerprint density at radius 1 is 1.22 bits per heavy atom. The molecule has 0 aromatic heterocycles. The van der Waals surface area contributed by atoms with Crippen LogP contribution in [0.2, 0.25) is 0 Å². The summed E-state index contributed by atoms with van der Waals surface area (Å²) in [6, 6.07) is 5.87. The predicted octanol–water partition coefficient (Wildman–Crippen LogP) is 1.24. The molecule has 0 aliphatic carbocycles. The Morgan fingerprint density at radius 3 is 2.35 bits per heavy atom. The van der Waals surface area contributed by atoms with Gasteiger partial charge in [0.2, 0.25) is 5.91 Å². The zero-order chi connectivity index (χ0) is 17.0. The van der Waals surface area contributed by atoms with Gasteiger partial charge in [0.1, 0.15) is 17.9 Å². The number of aliphatic carboxylic acids is 2. The average molecular weight is 319 g/mol. The van der Waals surface area contributed by atoms with E-state index in [0.29, 0.717) is 11.3 Å². The molecule has 7 heteroatoms. The van der Waals surface area contributed by atoms with Crippen LogP contribution in [0.15, 0.2) is 30.3 Å². The van der Waals surface area contributed by atoms with Gasteiger partial charge in [0, 0.05) is 19.4 Å². The highest BCUT2D eigenvalue weighted by molar-refractivity contribution is 5.85. The number of likely N-dealkylation sites (tertiary alicyclic amines) is 1. The number of carbonyl (C=O) groups excluding carboxylic acids is 1. The van der Waals surface area contributed by atoms with Gasteiger partial charge in [-0.3, -0.25) is 4.79 Å². The van der Waals surface area contributed by atoms with E-state index in [1.165, 1.54) is 17.9 Å². The van der Waals surface area contributed by atoms with Crippen LogP contribution in [0.25, 0.3) is 6.08 Å². The minimum Gasteiger partial charge on any atom is -0.488 e. The normalized spacial score (nSPS) is 20.7. The van der Waals surface area contributed by atoms with Gasteiger partial charge in [-0.2, -0.15) is 0 Å². The number of carboxylic acids is 2.